The Bertz CT molecular complexity index is 336. The molecule has 0 bridgehead atoms. The Kier molecular flexibility index (Phi) is 4.86. The van der Waals surface area contributed by atoms with Crippen LogP contribution in [0.15, 0.2) is 21.2 Å². The zero-order valence-electron chi connectivity index (χ0n) is 8.59. The Hall–Kier alpha value is -0.290. The van der Waals surface area contributed by atoms with Gasteiger partial charge in [-0.2, -0.15) is 0 Å². The predicted molar refractivity (Wildman–Crippen MR) is 66.3 cm³/mol. The van der Waals surface area contributed by atoms with Crippen LogP contribution in [-0.4, -0.2) is 17.3 Å². The molecular weight excluding hydrogens is 326 g/mol. The monoisotopic (exact) mass is 337 g/mol. The summed E-state index contributed by atoms with van der Waals surface area (Å²) in [5.41, 5.74) is 0. The molecule has 0 aromatic carbocycles. The highest BCUT2D eigenvalue weighted by atomic mass is 79.9. The molecule has 0 fully saturated rings. The molecule has 1 aromatic rings. The highest BCUT2D eigenvalue weighted by molar-refractivity contribution is 9.10. The van der Waals surface area contributed by atoms with Gasteiger partial charge in [-0.1, -0.05) is 29.8 Å². The Labute approximate surface area is 106 Å². The van der Waals surface area contributed by atoms with Gasteiger partial charge in [0.2, 0.25) is 0 Å². The summed E-state index contributed by atoms with van der Waals surface area (Å²) in [6, 6.07) is 3.46. The maximum Gasteiger partial charge on any atom is 0.287 e. The summed E-state index contributed by atoms with van der Waals surface area (Å²) < 4.78 is 5.72. The van der Waals surface area contributed by atoms with Gasteiger partial charge in [0.05, 0.1) is 0 Å². The SMILES string of the molecule is CC(C)C(CBr)NC(=O)c1ccc(Br)o1. The largest absolute Gasteiger partial charge is 0.444 e. The number of carbonyl (C=O) groups is 1. The number of nitrogens with one attached hydrogen (secondary N) is 1. The van der Waals surface area contributed by atoms with Gasteiger partial charge >= 0.3 is 0 Å². The Morgan fingerprint density at radius 2 is 2.20 bits per heavy atom. The van der Waals surface area contributed by atoms with Gasteiger partial charge in [0.1, 0.15) is 0 Å². The molecule has 5 heteroatoms. The van der Waals surface area contributed by atoms with Crippen molar-refractivity contribution < 1.29 is 9.21 Å². The number of hydrogen-bond acceptors (Lipinski definition) is 2. The molecule has 0 aliphatic heterocycles. The molecule has 1 N–H and O–H groups in total. The van der Waals surface area contributed by atoms with Crippen LogP contribution in [0, 0.1) is 5.92 Å². The van der Waals surface area contributed by atoms with Crippen molar-refractivity contribution in [3.63, 3.8) is 0 Å². The fraction of sp³-hybridized carbons (Fsp3) is 0.500. The van der Waals surface area contributed by atoms with Crippen molar-refractivity contribution in [1.82, 2.24) is 5.32 Å². The van der Waals surface area contributed by atoms with Gasteiger partial charge in [0.15, 0.2) is 10.4 Å². The number of hydrogen-bond donors (Lipinski definition) is 1. The second-order valence-corrected chi connectivity index (χ2v) is 5.01. The van der Waals surface area contributed by atoms with E-state index in [0.717, 1.165) is 5.33 Å². The zero-order valence-corrected chi connectivity index (χ0v) is 11.8. The Balaban J connectivity index is 2.62. The minimum atomic E-state index is -0.182. The van der Waals surface area contributed by atoms with Crippen molar-refractivity contribution in [2.24, 2.45) is 5.92 Å². The molecular formula is C10H13Br2NO2. The Morgan fingerprint density at radius 1 is 1.53 bits per heavy atom. The maximum atomic E-state index is 11.7. The van der Waals surface area contributed by atoms with Crippen LogP contribution in [0.1, 0.15) is 24.4 Å². The lowest BCUT2D eigenvalue weighted by molar-refractivity contribution is 0.0902. The Morgan fingerprint density at radius 3 is 2.60 bits per heavy atom. The summed E-state index contributed by atoms with van der Waals surface area (Å²) in [5.74, 6) is 0.527. The molecule has 0 radical (unpaired) electrons. The van der Waals surface area contributed by atoms with Gasteiger partial charge in [-0.05, 0) is 34.0 Å². The van der Waals surface area contributed by atoms with Gasteiger partial charge < -0.3 is 9.73 Å². The molecule has 1 amide bonds. The summed E-state index contributed by atoms with van der Waals surface area (Å²) in [4.78, 5) is 11.7. The van der Waals surface area contributed by atoms with E-state index in [2.05, 4.69) is 51.0 Å². The fourth-order valence-corrected chi connectivity index (χ4v) is 2.28. The van der Waals surface area contributed by atoms with Gasteiger partial charge in [-0.15, -0.1) is 0 Å². The van der Waals surface area contributed by atoms with Crippen LogP contribution in [0.5, 0.6) is 0 Å². The molecule has 0 saturated carbocycles. The summed E-state index contributed by atoms with van der Waals surface area (Å²) in [7, 11) is 0. The van der Waals surface area contributed by atoms with E-state index < -0.39 is 0 Å². The molecule has 0 saturated heterocycles. The van der Waals surface area contributed by atoms with Gasteiger partial charge in [0.25, 0.3) is 5.91 Å². The number of alkyl halides is 1. The first-order chi connectivity index (χ1) is 7.04. The minimum Gasteiger partial charge on any atom is -0.444 e. The molecule has 1 unspecified atom stereocenters. The van der Waals surface area contributed by atoms with Crippen LogP contribution >= 0.6 is 31.9 Å². The van der Waals surface area contributed by atoms with Crippen molar-refractivity contribution in [3.8, 4) is 0 Å². The van der Waals surface area contributed by atoms with E-state index >= 15 is 0 Å². The zero-order chi connectivity index (χ0) is 11.4. The first-order valence-electron chi connectivity index (χ1n) is 4.66. The standard InChI is InChI=1S/C10H13Br2NO2/c1-6(2)7(5-11)13-10(14)8-3-4-9(12)15-8/h3-4,6-7H,5H2,1-2H3,(H,13,14). The van der Waals surface area contributed by atoms with Crippen LogP contribution in [0.25, 0.3) is 0 Å². The normalized spacial score (nSPS) is 12.9. The molecule has 3 nitrogen and oxygen atoms in total. The van der Waals surface area contributed by atoms with Crippen LogP contribution in [-0.2, 0) is 0 Å². The molecule has 0 aliphatic carbocycles. The second-order valence-electron chi connectivity index (χ2n) is 3.58. The molecule has 1 aromatic heterocycles. The van der Waals surface area contributed by atoms with E-state index in [1.807, 2.05) is 0 Å². The first-order valence-corrected chi connectivity index (χ1v) is 6.58. The quantitative estimate of drug-likeness (QED) is 0.857. The predicted octanol–water partition coefficient (Wildman–Crippen LogP) is 3.19. The molecule has 1 rings (SSSR count). The minimum absolute atomic E-state index is 0.112. The first kappa shape index (κ1) is 12.8. The number of amides is 1. The highest BCUT2D eigenvalue weighted by Gasteiger charge is 2.17. The third kappa shape index (κ3) is 3.65. The summed E-state index contributed by atoms with van der Waals surface area (Å²) in [6.07, 6.45) is 0. The van der Waals surface area contributed by atoms with Crippen molar-refractivity contribution in [1.29, 1.82) is 0 Å². The molecule has 84 valence electrons. The lowest BCUT2D eigenvalue weighted by Crippen LogP contribution is -2.39. The van der Waals surface area contributed by atoms with Crippen molar-refractivity contribution >= 4 is 37.8 Å². The van der Waals surface area contributed by atoms with E-state index in [9.17, 15) is 4.79 Å². The molecule has 1 atom stereocenters. The molecule has 1 heterocycles. The van der Waals surface area contributed by atoms with E-state index in [-0.39, 0.29) is 11.9 Å². The van der Waals surface area contributed by atoms with Crippen molar-refractivity contribution in [2.45, 2.75) is 19.9 Å². The van der Waals surface area contributed by atoms with Gasteiger partial charge in [-0.3, -0.25) is 4.79 Å². The molecule has 0 aliphatic rings. The van der Waals surface area contributed by atoms with Gasteiger partial charge in [-0.25, -0.2) is 0 Å². The number of rotatable bonds is 4. The number of furan rings is 1. The third-order valence-corrected chi connectivity index (χ3v) is 3.21. The van der Waals surface area contributed by atoms with Crippen LogP contribution in [0.2, 0.25) is 0 Å². The maximum absolute atomic E-state index is 11.7. The second kappa shape index (κ2) is 5.70. The topological polar surface area (TPSA) is 42.2 Å². The van der Waals surface area contributed by atoms with Gasteiger partial charge in [0, 0.05) is 11.4 Å². The van der Waals surface area contributed by atoms with Crippen LogP contribution < -0.4 is 5.32 Å². The summed E-state index contributed by atoms with van der Waals surface area (Å²) in [6.45, 7) is 4.12. The lowest BCUT2D eigenvalue weighted by atomic mass is 10.1. The summed E-state index contributed by atoms with van der Waals surface area (Å²) in [5, 5.41) is 3.63. The van der Waals surface area contributed by atoms with Crippen LogP contribution in [0.4, 0.5) is 0 Å². The molecule has 15 heavy (non-hydrogen) atoms. The highest BCUT2D eigenvalue weighted by Crippen LogP contribution is 2.14. The van der Waals surface area contributed by atoms with E-state index in [1.165, 1.54) is 0 Å². The van der Waals surface area contributed by atoms with E-state index in [4.69, 9.17) is 4.42 Å². The van der Waals surface area contributed by atoms with E-state index in [0.29, 0.717) is 16.3 Å². The fourth-order valence-electron chi connectivity index (χ4n) is 1.06. The van der Waals surface area contributed by atoms with Crippen molar-refractivity contribution in [2.75, 3.05) is 5.33 Å². The average Bonchev–Trinajstić information content (AvgIpc) is 2.60. The lowest BCUT2D eigenvalue weighted by Gasteiger charge is -2.18. The average molecular weight is 339 g/mol. The number of carbonyl (C=O) groups excluding carboxylic acids is 1. The molecule has 0 spiro atoms. The van der Waals surface area contributed by atoms with Crippen molar-refractivity contribution in [3.05, 3.63) is 22.6 Å². The van der Waals surface area contributed by atoms with E-state index in [1.54, 1.807) is 12.1 Å². The summed E-state index contributed by atoms with van der Waals surface area (Å²) >= 11 is 6.52. The van der Waals surface area contributed by atoms with Crippen LogP contribution in [0.3, 0.4) is 0 Å². The number of halogens is 2. The third-order valence-electron chi connectivity index (χ3n) is 2.08. The smallest absolute Gasteiger partial charge is 0.287 e.